The first-order valence-corrected chi connectivity index (χ1v) is 8.37. The lowest BCUT2D eigenvalue weighted by atomic mass is 10.1. The molecular formula is C16H20BrClO4. The molecule has 0 bridgehead atoms. The Labute approximate surface area is 144 Å². The molecule has 122 valence electrons. The average molecular weight is 392 g/mol. The van der Waals surface area contributed by atoms with Gasteiger partial charge in [0.25, 0.3) is 0 Å². The predicted molar refractivity (Wildman–Crippen MR) is 89.5 cm³/mol. The summed E-state index contributed by atoms with van der Waals surface area (Å²) in [5.41, 5.74) is 0.267. The van der Waals surface area contributed by atoms with Crippen molar-refractivity contribution < 1.29 is 19.1 Å². The summed E-state index contributed by atoms with van der Waals surface area (Å²) in [7, 11) is 0. The Morgan fingerprint density at radius 1 is 1.18 bits per heavy atom. The molecule has 0 saturated heterocycles. The van der Waals surface area contributed by atoms with E-state index in [1.807, 2.05) is 0 Å². The normalized spacial score (nSPS) is 10.6. The molecule has 0 atom stereocenters. The zero-order chi connectivity index (χ0) is 16.7. The smallest absolute Gasteiger partial charge is 0.339 e. The fourth-order valence-corrected chi connectivity index (χ4v) is 2.33. The Morgan fingerprint density at radius 3 is 2.36 bits per heavy atom. The summed E-state index contributed by atoms with van der Waals surface area (Å²) >= 11 is 9.24. The molecule has 0 aromatic heterocycles. The third kappa shape index (κ3) is 5.61. The Balaban J connectivity index is 2.89. The first-order valence-electron chi connectivity index (χ1n) is 7.20. The van der Waals surface area contributed by atoms with Gasteiger partial charge in [0, 0.05) is 4.47 Å². The van der Waals surface area contributed by atoms with Crippen molar-refractivity contribution in [2.75, 3.05) is 13.2 Å². The Hall–Kier alpha value is -1.07. The summed E-state index contributed by atoms with van der Waals surface area (Å²) in [6.07, 6.45) is 1.76. The van der Waals surface area contributed by atoms with Gasteiger partial charge in [0.1, 0.15) is 0 Å². The van der Waals surface area contributed by atoms with Crippen LogP contribution in [0.2, 0.25) is 5.02 Å². The van der Waals surface area contributed by atoms with Crippen LogP contribution >= 0.6 is 27.5 Å². The first kappa shape index (κ1) is 19.0. The summed E-state index contributed by atoms with van der Waals surface area (Å²) in [5.74, 6) is -0.589. The molecule has 1 aromatic rings. The minimum absolute atomic E-state index is 0.115. The fourth-order valence-electron chi connectivity index (χ4n) is 1.83. The van der Waals surface area contributed by atoms with Crippen LogP contribution in [-0.4, -0.2) is 25.2 Å². The van der Waals surface area contributed by atoms with Crippen LogP contribution in [0.1, 0.15) is 54.3 Å². The Kier molecular flexibility index (Phi) is 7.90. The van der Waals surface area contributed by atoms with Crippen LogP contribution in [0.3, 0.4) is 0 Å². The van der Waals surface area contributed by atoms with Crippen LogP contribution in [0, 0.1) is 5.92 Å². The third-order valence-electron chi connectivity index (χ3n) is 2.93. The third-order valence-corrected chi connectivity index (χ3v) is 4.13. The molecule has 0 spiro atoms. The van der Waals surface area contributed by atoms with Crippen LogP contribution in [0.15, 0.2) is 16.6 Å². The summed E-state index contributed by atoms with van der Waals surface area (Å²) in [4.78, 5) is 24.1. The first-order chi connectivity index (χ1) is 10.4. The predicted octanol–water partition coefficient (Wildman–Crippen LogP) is 4.87. The summed E-state index contributed by atoms with van der Waals surface area (Å²) < 4.78 is 10.7. The zero-order valence-electron chi connectivity index (χ0n) is 12.9. The van der Waals surface area contributed by atoms with Crippen LogP contribution in [0.5, 0.6) is 0 Å². The minimum atomic E-state index is -0.592. The van der Waals surface area contributed by atoms with E-state index in [1.54, 1.807) is 6.92 Å². The van der Waals surface area contributed by atoms with Gasteiger partial charge < -0.3 is 9.47 Å². The molecule has 0 aliphatic carbocycles. The molecule has 0 heterocycles. The van der Waals surface area contributed by atoms with E-state index in [2.05, 4.69) is 29.8 Å². The highest BCUT2D eigenvalue weighted by Crippen LogP contribution is 2.27. The maximum atomic E-state index is 12.2. The van der Waals surface area contributed by atoms with E-state index in [0.717, 1.165) is 12.8 Å². The van der Waals surface area contributed by atoms with E-state index >= 15 is 0 Å². The average Bonchev–Trinajstić information content (AvgIpc) is 2.45. The van der Waals surface area contributed by atoms with Gasteiger partial charge in [-0.05, 0) is 53.7 Å². The lowest BCUT2D eigenvalue weighted by Gasteiger charge is -2.11. The van der Waals surface area contributed by atoms with Gasteiger partial charge >= 0.3 is 11.9 Å². The molecule has 1 rings (SSSR count). The molecule has 6 heteroatoms. The summed E-state index contributed by atoms with van der Waals surface area (Å²) in [6, 6.07) is 2.90. The number of esters is 2. The van der Waals surface area contributed by atoms with Crippen LogP contribution < -0.4 is 0 Å². The number of carbonyl (C=O) groups is 2. The number of carbonyl (C=O) groups excluding carboxylic acids is 2. The second kappa shape index (κ2) is 9.16. The molecule has 4 nitrogen and oxygen atoms in total. The lowest BCUT2D eigenvalue weighted by Crippen LogP contribution is -2.15. The lowest BCUT2D eigenvalue weighted by molar-refractivity contribution is 0.0460. The Morgan fingerprint density at radius 2 is 1.77 bits per heavy atom. The van der Waals surface area contributed by atoms with E-state index in [4.69, 9.17) is 21.1 Å². The molecule has 1 aromatic carbocycles. The number of benzene rings is 1. The van der Waals surface area contributed by atoms with Gasteiger partial charge in [-0.25, -0.2) is 9.59 Å². The highest BCUT2D eigenvalue weighted by Gasteiger charge is 2.21. The molecule has 22 heavy (non-hydrogen) atoms. The van der Waals surface area contributed by atoms with Gasteiger partial charge in [0.05, 0.1) is 29.4 Å². The quantitative estimate of drug-likeness (QED) is 0.491. The molecule has 0 saturated carbocycles. The van der Waals surface area contributed by atoms with Gasteiger partial charge in [-0.2, -0.15) is 0 Å². The van der Waals surface area contributed by atoms with Crippen molar-refractivity contribution in [2.45, 2.75) is 33.6 Å². The summed E-state index contributed by atoms with van der Waals surface area (Å²) in [6.45, 7) is 6.45. The second-order valence-electron chi connectivity index (χ2n) is 5.20. The Bertz CT molecular complexity index is 543. The number of ether oxygens (including phenoxy) is 2. The van der Waals surface area contributed by atoms with Gasteiger partial charge in [0.15, 0.2) is 0 Å². The summed E-state index contributed by atoms with van der Waals surface area (Å²) in [5, 5.41) is 0.333. The number of rotatable bonds is 7. The number of hydrogen-bond donors (Lipinski definition) is 0. The molecule has 0 amide bonds. The number of hydrogen-bond acceptors (Lipinski definition) is 4. The topological polar surface area (TPSA) is 52.6 Å². The van der Waals surface area contributed by atoms with Crippen molar-refractivity contribution in [3.63, 3.8) is 0 Å². The van der Waals surface area contributed by atoms with Gasteiger partial charge in [-0.15, -0.1) is 0 Å². The van der Waals surface area contributed by atoms with E-state index in [-0.39, 0.29) is 17.7 Å². The standard InChI is InChI=1S/C16H20BrClO4/c1-4-21-15(19)12-9-14(18)13(17)8-11(12)16(20)22-7-5-6-10(2)3/h8-10H,4-7H2,1-3H3. The maximum Gasteiger partial charge on any atom is 0.339 e. The zero-order valence-corrected chi connectivity index (χ0v) is 15.3. The van der Waals surface area contributed by atoms with E-state index in [0.29, 0.717) is 22.0 Å². The SMILES string of the molecule is CCOC(=O)c1cc(Cl)c(Br)cc1C(=O)OCCCC(C)C. The van der Waals surface area contributed by atoms with Crippen molar-refractivity contribution in [1.82, 2.24) is 0 Å². The largest absolute Gasteiger partial charge is 0.462 e. The van der Waals surface area contributed by atoms with Crippen molar-refractivity contribution in [1.29, 1.82) is 0 Å². The van der Waals surface area contributed by atoms with E-state index in [1.165, 1.54) is 12.1 Å². The molecule has 0 radical (unpaired) electrons. The highest BCUT2D eigenvalue weighted by atomic mass is 79.9. The minimum Gasteiger partial charge on any atom is -0.462 e. The van der Waals surface area contributed by atoms with Gasteiger partial charge in [0.2, 0.25) is 0 Å². The fraction of sp³-hybridized carbons (Fsp3) is 0.500. The van der Waals surface area contributed by atoms with Gasteiger partial charge in [-0.3, -0.25) is 0 Å². The second-order valence-corrected chi connectivity index (χ2v) is 6.47. The molecule has 0 aliphatic rings. The molecule has 0 fully saturated rings. The number of halogens is 2. The van der Waals surface area contributed by atoms with Crippen LogP contribution in [0.4, 0.5) is 0 Å². The van der Waals surface area contributed by atoms with Crippen molar-refractivity contribution >= 4 is 39.5 Å². The van der Waals surface area contributed by atoms with E-state index in [9.17, 15) is 9.59 Å². The monoisotopic (exact) mass is 390 g/mol. The highest BCUT2D eigenvalue weighted by molar-refractivity contribution is 9.10. The van der Waals surface area contributed by atoms with E-state index < -0.39 is 11.9 Å². The molecule has 0 N–H and O–H groups in total. The molecular weight excluding hydrogens is 372 g/mol. The van der Waals surface area contributed by atoms with Crippen LogP contribution in [0.25, 0.3) is 0 Å². The molecule has 0 unspecified atom stereocenters. The molecule has 0 aliphatic heterocycles. The van der Waals surface area contributed by atoms with Crippen molar-refractivity contribution in [3.8, 4) is 0 Å². The van der Waals surface area contributed by atoms with Gasteiger partial charge in [-0.1, -0.05) is 25.4 Å². The van der Waals surface area contributed by atoms with Crippen molar-refractivity contribution in [3.05, 3.63) is 32.8 Å². The van der Waals surface area contributed by atoms with Crippen molar-refractivity contribution in [2.24, 2.45) is 5.92 Å². The van der Waals surface area contributed by atoms with Crippen LogP contribution in [-0.2, 0) is 9.47 Å². The maximum absolute atomic E-state index is 12.2.